The maximum absolute atomic E-state index is 6.25. The monoisotopic (exact) mass is 292 g/mol. The van der Waals surface area contributed by atoms with Gasteiger partial charge >= 0.3 is 0 Å². The number of nitrogens with two attached hydrogens (primary N) is 1. The van der Waals surface area contributed by atoms with Crippen LogP contribution in [0.2, 0.25) is 0 Å². The molecule has 0 spiro atoms. The van der Waals surface area contributed by atoms with Gasteiger partial charge in [-0.2, -0.15) is 0 Å². The van der Waals surface area contributed by atoms with Crippen molar-refractivity contribution in [3.8, 4) is 0 Å². The molecule has 1 aromatic rings. The Morgan fingerprint density at radius 1 is 1.48 bits per heavy atom. The molecule has 0 saturated heterocycles. The van der Waals surface area contributed by atoms with Gasteiger partial charge in [0.25, 0.3) is 0 Å². The first kappa shape index (κ1) is 16.5. The molecule has 1 heterocycles. The summed E-state index contributed by atoms with van der Waals surface area (Å²) in [7, 11) is 0. The highest BCUT2D eigenvalue weighted by Crippen LogP contribution is 2.36. The van der Waals surface area contributed by atoms with Crippen molar-refractivity contribution < 1.29 is 0 Å². The second-order valence-electron chi connectivity index (χ2n) is 6.78. The van der Waals surface area contributed by atoms with Crippen molar-refractivity contribution in [3.05, 3.63) is 18.2 Å². The maximum atomic E-state index is 6.25. The molecule has 1 aliphatic carbocycles. The predicted octanol–water partition coefficient (Wildman–Crippen LogP) is 2.81. The Bertz CT molecular complexity index is 428. The molecule has 120 valence electrons. The number of aromatic nitrogens is 2. The third kappa shape index (κ3) is 3.86. The minimum Gasteiger partial charge on any atom is -0.334 e. The molecular formula is C17H32N4. The molecule has 4 heteroatoms. The standard InChI is InChI=1S/C17H32N4/c1-4-9-21(12-11-20-10-8-19-16(20)3)17(14-18)7-5-6-15(2)13-17/h8,10,15H,4-7,9,11-14,18H2,1-3H3. The molecule has 4 nitrogen and oxygen atoms in total. The zero-order chi connectivity index (χ0) is 15.3. The first-order valence-corrected chi connectivity index (χ1v) is 8.54. The smallest absolute Gasteiger partial charge is 0.105 e. The average Bonchev–Trinajstić information content (AvgIpc) is 2.88. The summed E-state index contributed by atoms with van der Waals surface area (Å²) in [5.41, 5.74) is 6.47. The Hall–Kier alpha value is -0.870. The summed E-state index contributed by atoms with van der Waals surface area (Å²) in [5.74, 6) is 1.90. The van der Waals surface area contributed by atoms with Crippen molar-refractivity contribution in [2.75, 3.05) is 19.6 Å². The van der Waals surface area contributed by atoms with Crippen LogP contribution in [0.3, 0.4) is 0 Å². The van der Waals surface area contributed by atoms with Gasteiger partial charge in [-0.25, -0.2) is 4.98 Å². The van der Waals surface area contributed by atoms with Crippen molar-refractivity contribution in [3.63, 3.8) is 0 Å². The van der Waals surface area contributed by atoms with Gasteiger partial charge in [0.1, 0.15) is 5.82 Å². The van der Waals surface area contributed by atoms with Crippen LogP contribution in [0.5, 0.6) is 0 Å². The fourth-order valence-corrected chi connectivity index (χ4v) is 3.96. The molecule has 2 atom stereocenters. The minimum absolute atomic E-state index is 0.224. The molecular weight excluding hydrogens is 260 g/mol. The second-order valence-corrected chi connectivity index (χ2v) is 6.78. The zero-order valence-corrected chi connectivity index (χ0v) is 14.0. The lowest BCUT2D eigenvalue weighted by atomic mass is 9.75. The molecule has 1 aliphatic rings. The van der Waals surface area contributed by atoms with Crippen LogP contribution in [0.15, 0.2) is 12.4 Å². The summed E-state index contributed by atoms with van der Waals surface area (Å²) in [4.78, 5) is 6.99. The van der Waals surface area contributed by atoms with E-state index in [0.29, 0.717) is 0 Å². The Labute approximate surface area is 129 Å². The van der Waals surface area contributed by atoms with Crippen molar-refractivity contribution in [1.82, 2.24) is 14.5 Å². The molecule has 0 aromatic carbocycles. The molecule has 1 aromatic heterocycles. The lowest BCUT2D eigenvalue weighted by Crippen LogP contribution is -2.57. The fraction of sp³-hybridized carbons (Fsp3) is 0.824. The van der Waals surface area contributed by atoms with Crippen LogP contribution in [0, 0.1) is 12.8 Å². The van der Waals surface area contributed by atoms with E-state index in [1.807, 2.05) is 6.20 Å². The Balaban J connectivity index is 2.07. The van der Waals surface area contributed by atoms with Crippen LogP contribution in [-0.4, -0.2) is 39.6 Å². The van der Waals surface area contributed by atoms with Gasteiger partial charge < -0.3 is 10.3 Å². The van der Waals surface area contributed by atoms with Gasteiger partial charge in [-0.15, -0.1) is 0 Å². The Morgan fingerprint density at radius 2 is 2.29 bits per heavy atom. The first-order valence-electron chi connectivity index (χ1n) is 8.54. The van der Waals surface area contributed by atoms with Gasteiger partial charge in [-0.1, -0.05) is 26.7 Å². The zero-order valence-electron chi connectivity index (χ0n) is 14.0. The van der Waals surface area contributed by atoms with Crippen LogP contribution in [-0.2, 0) is 6.54 Å². The quantitative estimate of drug-likeness (QED) is 0.840. The molecule has 0 radical (unpaired) electrons. The Kier molecular flexibility index (Phi) is 5.82. The van der Waals surface area contributed by atoms with E-state index in [9.17, 15) is 0 Å². The van der Waals surface area contributed by atoms with Gasteiger partial charge in [0.15, 0.2) is 0 Å². The summed E-state index contributed by atoms with van der Waals surface area (Å²) in [5, 5.41) is 0. The lowest BCUT2D eigenvalue weighted by molar-refractivity contribution is 0.0359. The third-order valence-corrected chi connectivity index (χ3v) is 5.15. The van der Waals surface area contributed by atoms with Crippen molar-refractivity contribution >= 4 is 0 Å². The summed E-state index contributed by atoms with van der Waals surface area (Å²) in [6, 6.07) is 0. The molecule has 1 fully saturated rings. The lowest BCUT2D eigenvalue weighted by Gasteiger charge is -2.48. The van der Waals surface area contributed by atoms with Crippen LogP contribution in [0.1, 0.15) is 51.8 Å². The highest BCUT2D eigenvalue weighted by atomic mass is 15.2. The first-order chi connectivity index (χ1) is 10.1. The van der Waals surface area contributed by atoms with E-state index in [2.05, 4.69) is 41.4 Å². The highest BCUT2D eigenvalue weighted by molar-refractivity contribution is 4.96. The maximum Gasteiger partial charge on any atom is 0.105 e. The SMILES string of the molecule is CCCN(CCn1ccnc1C)C1(CN)CCCC(C)C1. The summed E-state index contributed by atoms with van der Waals surface area (Å²) in [6.45, 7) is 10.8. The third-order valence-electron chi connectivity index (χ3n) is 5.15. The molecule has 2 N–H and O–H groups in total. The minimum atomic E-state index is 0.224. The molecule has 0 amide bonds. The summed E-state index contributed by atoms with van der Waals surface area (Å²) >= 11 is 0. The second kappa shape index (κ2) is 7.41. The van der Waals surface area contributed by atoms with Crippen LogP contribution in [0.25, 0.3) is 0 Å². The van der Waals surface area contributed by atoms with Gasteiger partial charge in [0.05, 0.1) is 0 Å². The van der Waals surface area contributed by atoms with E-state index in [0.717, 1.165) is 37.9 Å². The average molecular weight is 292 g/mol. The number of nitrogens with zero attached hydrogens (tertiary/aromatic N) is 3. The van der Waals surface area contributed by atoms with Gasteiger partial charge in [-0.05, 0) is 38.6 Å². The van der Waals surface area contributed by atoms with Crippen molar-refractivity contribution in [1.29, 1.82) is 0 Å². The molecule has 0 bridgehead atoms. The van der Waals surface area contributed by atoms with Crippen LogP contribution in [0.4, 0.5) is 0 Å². The number of hydrogen-bond acceptors (Lipinski definition) is 3. The van der Waals surface area contributed by atoms with E-state index in [4.69, 9.17) is 5.73 Å². The molecule has 2 unspecified atom stereocenters. The number of imidazole rings is 1. The fourth-order valence-electron chi connectivity index (χ4n) is 3.96. The van der Waals surface area contributed by atoms with E-state index in [-0.39, 0.29) is 5.54 Å². The van der Waals surface area contributed by atoms with E-state index in [1.165, 1.54) is 32.1 Å². The number of hydrogen-bond donors (Lipinski definition) is 1. The van der Waals surface area contributed by atoms with E-state index >= 15 is 0 Å². The van der Waals surface area contributed by atoms with Crippen LogP contribution >= 0.6 is 0 Å². The number of rotatable bonds is 7. The molecule has 2 rings (SSSR count). The van der Waals surface area contributed by atoms with Gasteiger partial charge in [-0.3, -0.25) is 4.90 Å². The highest BCUT2D eigenvalue weighted by Gasteiger charge is 2.38. The van der Waals surface area contributed by atoms with Crippen LogP contribution < -0.4 is 5.73 Å². The van der Waals surface area contributed by atoms with Gasteiger partial charge in [0, 0.05) is 37.6 Å². The molecule has 0 aliphatic heterocycles. The number of aryl methyl sites for hydroxylation is 1. The topological polar surface area (TPSA) is 47.1 Å². The molecule has 1 saturated carbocycles. The van der Waals surface area contributed by atoms with E-state index in [1.54, 1.807) is 0 Å². The van der Waals surface area contributed by atoms with Crippen molar-refractivity contribution in [2.24, 2.45) is 11.7 Å². The predicted molar refractivity (Wildman–Crippen MR) is 88.2 cm³/mol. The van der Waals surface area contributed by atoms with Gasteiger partial charge in [0.2, 0.25) is 0 Å². The largest absolute Gasteiger partial charge is 0.334 e. The summed E-state index contributed by atoms with van der Waals surface area (Å²) in [6.07, 6.45) is 10.4. The molecule has 21 heavy (non-hydrogen) atoms. The van der Waals surface area contributed by atoms with Crippen molar-refractivity contribution in [2.45, 2.75) is 65.0 Å². The normalized spacial score (nSPS) is 26.4. The Morgan fingerprint density at radius 3 is 2.86 bits per heavy atom. The van der Waals surface area contributed by atoms with E-state index < -0.39 is 0 Å². The summed E-state index contributed by atoms with van der Waals surface area (Å²) < 4.78 is 2.25.